The van der Waals surface area contributed by atoms with E-state index < -0.39 is 10.0 Å². The van der Waals surface area contributed by atoms with E-state index in [4.69, 9.17) is 19.0 Å². The fourth-order valence-electron chi connectivity index (χ4n) is 4.63. The molecule has 0 saturated carbocycles. The van der Waals surface area contributed by atoms with Gasteiger partial charge in [0.25, 0.3) is 0 Å². The lowest BCUT2D eigenvalue weighted by Gasteiger charge is -2.28. The molecule has 6 nitrogen and oxygen atoms in total. The normalized spacial score (nSPS) is 17.0. The second kappa shape index (κ2) is 8.81. The van der Waals surface area contributed by atoms with E-state index in [9.17, 15) is 8.42 Å². The van der Waals surface area contributed by atoms with Gasteiger partial charge in [0.05, 0.1) is 17.4 Å². The van der Waals surface area contributed by atoms with Gasteiger partial charge in [-0.15, -0.1) is 0 Å². The van der Waals surface area contributed by atoms with Crippen molar-refractivity contribution in [2.45, 2.75) is 43.1 Å². The Morgan fingerprint density at radius 2 is 1.65 bits per heavy atom. The predicted molar refractivity (Wildman–Crippen MR) is 131 cm³/mol. The monoisotopic (exact) mass is 477 g/mol. The third-order valence-corrected chi connectivity index (χ3v) is 7.17. The number of benzene rings is 3. The number of fused-ring (bicyclic) bond motifs is 2. The van der Waals surface area contributed by atoms with Crippen LogP contribution in [0.4, 0.5) is 0 Å². The Balaban J connectivity index is 1.62. The van der Waals surface area contributed by atoms with Crippen LogP contribution in [0, 0.1) is 0 Å². The molecule has 0 bridgehead atoms. The molecule has 2 N–H and O–H groups in total. The summed E-state index contributed by atoms with van der Waals surface area (Å²) >= 11 is 0. The Morgan fingerprint density at radius 3 is 2.38 bits per heavy atom. The Morgan fingerprint density at radius 1 is 0.912 bits per heavy atom. The van der Waals surface area contributed by atoms with Crippen molar-refractivity contribution in [2.75, 3.05) is 6.61 Å². The zero-order chi connectivity index (χ0) is 23.9. The number of ether oxygens (including phenoxy) is 2. The van der Waals surface area contributed by atoms with Gasteiger partial charge in [-0.2, -0.15) is 0 Å². The van der Waals surface area contributed by atoms with E-state index in [1.807, 2.05) is 30.3 Å². The Labute approximate surface area is 199 Å². The Bertz CT molecular complexity index is 1410. The minimum absolute atomic E-state index is 0.00714. The van der Waals surface area contributed by atoms with E-state index >= 15 is 0 Å². The number of para-hydroxylation sites is 1. The quantitative estimate of drug-likeness (QED) is 0.406. The standard InChI is InChI=1S/C27H27NO5S/c1-17(2)20-8-4-5-9-21(20)27(26-15-18-7-3-6-10-22(18)32-26)24-13-14-31-25-16-19(34(28,29)30)11-12-23(25)33-24/h3-12,15-17,24,27H,13-14H2,1-2H3,(H2,28,29,30)/t24?,27-/m1/s1. The van der Waals surface area contributed by atoms with Crippen LogP contribution in [-0.2, 0) is 10.0 Å². The number of primary sulfonamides is 1. The molecule has 0 radical (unpaired) electrons. The van der Waals surface area contributed by atoms with Crippen LogP contribution in [0.15, 0.2) is 82.1 Å². The maximum atomic E-state index is 11.8. The van der Waals surface area contributed by atoms with Crippen molar-refractivity contribution in [3.8, 4) is 11.5 Å². The third kappa shape index (κ3) is 4.29. The highest BCUT2D eigenvalue weighted by Gasteiger charge is 2.34. The van der Waals surface area contributed by atoms with Crippen LogP contribution in [-0.4, -0.2) is 21.1 Å². The van der Waals surface area contributed by atoms with Crippen molar-refractivity contribution in [3.05, 3.63) is 89.7 Å². The molecule has 0 fully saturated rings. The minimum atomic E-state index is -3.84. The van der Waals surface area contributed by atoms with Crippen molar-refractivity contribution in [2.24, 2.45) is 5.14 Å². The highest BCUT2D eigenvalue weighted by atomic mass is 32.2. The van der Waals surface area contributed by atoms with Gasteiger partial charge in [0.1, 0.15) is 17.4 Å². The second-order valence-electron chi connectivity index (χ2n) is 8.89. The highest BCUT2D eigenvalue weighted by Crippen LogP contribution is 2.42. The van der Waals surface area contributed by atoms with Gasteiger partial charge in [-0.05, 0) is 41.3 Å². The van der Waals surface area contributed by atoms with Gasteiger partial charge in [0, 0.05) is 17.9 Å². The summed E-state index contributed by atoms with van der Waals surface area (Å²) in [5, 5.41) is 6.34. The number of rotatable bonds is 5. The van der Waals surface area contributed by atoms with Gasteiger partial charge >= 0.3 is 0 Å². The van der Waals surface area contributed by atoms with Gasteiger partial charge in [0.15, 0.2) is 11.5 Å². The molecule has 5 rings (SSSR count). The average molecular weight is 478 g/mol. The van der Waals surface area contributed by atoms with Crippen molar-refractivity contribution in [1.29, 1.82) is 0 Å². The molecule has 1 aliphatic heterocycles. The summed E-state index contributed by atoms with van der Waals surface area (Å²) in [6.07, 6.45) is 0.301. The first-order valence-electron chi connectivity index (χ1n) is 11.3. The SMILES string of the molecule is CC(C)c1ccccc1[C@@H](c1cc2ccccc2o1)C1CCOc2cc(S(N)(=O)=O)ccc2O1. The van der Waals surface area contributed by atoms with Crippen LogP contribution in [0.1, 0.15) is 49.0 Å². The largest absolute Gasteiger partial charge is 0.490 e. The van der Waals surface area contributed by atoms with Crippen LogP contribution >= 0.6 is 0 Å². The molecule has 0 aliphatic carbocycles. The number of furan rings is 1. The van der Waals surface area contributed by atoms with Gasteiger partial charge in [0.2, 0.25) is 10.0 Å². The van der Waals surface area contributed by atoms with E-state index in [-0.39, 0.29) is 16.9 Å². The van der Waals surface area contributed by atoms with Crippen molar-refractivity contribution >= 4 is 21.0 Å². The zero-order valence-corrected chi connectivity index (χ0v) is 19.9. The molecule has 0 saturated heterocycles. The second-order valence-corrected chi connectivity index (χ2v) is 10.5. The Hall–Kier alpha value is -3.29. The molecule has 7 heteroatoms. The fourth-order valence-corrected chi connectivity index (χ4v) is 5.16. The summed E-state index contributed by atoms with van der Waals surface area (Å²) in [5.41, 5.74) is 3.20. The van der Waals surface area contributed by atoms with Crippen LogP contribution in [0.25, 0.3) is 11.0 Å². The highest BCUT2D eigenvalue weighted by molar-refractivity contribution is 7.89. The topological polar surface area (TPSA) is 91.8 Å². The molecular weight excluding hydrogens is 450 g/mol. The molecule has 4 aromatic rings. The van der Waals surface area contributed by atoms with Crippen molar-refractivity contribution < 1.29 is 22.3 Å². The van der Waals surface area contributed by atoms with Crippen LogP contribution in [0.3, 0.4) is 0 Å². The molecule has 1 unspecified atom stereocenters. The lowest BCUT2D eigenvalue weighted by atomic mass is 9.83. The summed E-state index contributed by atoms with van der Waals surface area (Å²) in [5.74, 6) is 1.81. The molecule has 1 aliphatic rings. The molecule has 1 aromatic heterocycles. The number of nitrogens with two attached hydrogens (primary N) is 1. The van der Waals surface area contributed by atoms with Crippen LogP contribution in [0.2, 0.25) is 0 Å². The zero-order valence-electron chi connectivity index (χ0n) is 19.1. The third-order valence-electron chi connectivity index (χ3n) is 6.26. The van der Waals surface area contributed by atoms with E-state index in [0.717, 1.165) is 22.3 Å². The van der Waals surface area contributed by atoms with Crippen molar-refractivity contribution in [3.63, 3.8) is 0 Å². The first-order chi connectivity index (χ1) is 16.3. The van der Waals surface area contributed by atoms with Crippen LogP contribution in [0.5, 0.6) is 11.5 Å². The minimum Gasteiger partial charge on any atom is -0.490 e. The molecule has 0 amide bonds. The molecule has 34 heavy (non-hydrogen) atoms. The molecular formula is C27H27NO5S. The Kier molecular flexibility index (Phi) is 5.83. The first-order valence-corrected chi connectivity index (χ1v) is 12.9. The van der Waals surface area contributed by atoms with E-state index in [1.165, 1.54) is 17.7 Å². The lowest BCUT2D eigenvalue weighted by molar-refractivity contribution is 0.164. The fraction of sp³-hybridized carbons (Fsp3) is 0.259. The smallest absolute Gasteiger partial charge is 0.238 e. The molecule has 176 valence electrons. The summed E-state index contributed by atoms with van der Waals surface area (Å²) < 4.78 is 42.4. The summed E-state index contributed by atoms with van der Waals surface area (Å²) in [6.45, 7) is 4.72. The summed E-state index contributed by atoms with van der Waals surface area (Å²) in [7, 11) is -3.84. The van der Waals surface area contributed by atoms with Gasteiger partial charge in [-0.3, -0.25) is 0 Å². The predicted octanol–water partition coefficient (Wildman–Crippen LogP) is 5.57. The van der Waals surface area contributed by atoms with Gasteiger partial charge in [-0.25, -0.2) is 13.6 Å². The van der Waals surface area contributed by atoms with Gasteiger partial charge < -0.3 is 13.9 Å². The average Bonchev–Trinajstić information content (AvgIpc) is 3.11. The number of hydrogen-bond acceptors (Lipinski definition) is 5. The maximum Gasteiger partial charge on any atom is 0.238 e. The van der Waals surface area contributed by atoms with E-state index in [2.05, 4.69) is 38.1 Å². The molecule has 2 atom stereocenters. The summed E-state index contributed by atoms with van der Waals surface area (Å²) in [4.78, 5) is -0.00714. The maximum absolute atomic E-state index is 11.8. The molecule has 2 heterocycles. The lowest BCUT2D eigenvalue weighted by Crippen LogP contribution is -2.27. The summed E-state index contributed by atoms with van der Waals surface area (Å²) in [6, 6.07) is 22.9. The van der Waals surface area contributed by atoms with Crippen LogP contribution < -0.4 is 14.6 Å². The van der Waals surface area contributed by atoms with Crippen molar-refractivity contribution in [1.82, 2.24) is 0 Å². The number of sulfonamides is 1. The van der Waals surface area contributed by atoms with E-state index in [0.29, 0.717) is 30.4 Å². The van der Waals surface area contributed by atoms with Gasteiger partial charge in [-0.1, -0.05) is 56.3 Å². The first kappa shape index (κ1) is 22.5. The molecule has 3 aromatic carbocycles. The molecule has 0 spiro atoms. The van der Waals surface area contributed by atoms with E-state index in [1.54, 1.807) is 6.07 Å². The number of hydrogen-bond donors (Lipinski definition) is 1.